The van der Waals surface area contributed by atoms with Gasteiger partial charge in [0.15, 0.2) is 0 Å². The fourth-order valence-electron chi connectivity index (χ4n) is 8.84. The summed E-state index contributed by atoms with van der Waals surface area (Å²) in [4.78, 5) is 11.6. The van der Waals surface area contributed by atoms with Gasteiger partial charge in [-0.15, -0.1) is 0 Å². The van der Waals surface area contributed by atoms with Crippen molar-refractivity contribution in [3.05, 3.63) is 0 Å². The summed E-state index contributed by atoms with van der Waals surface area (Å²) in [5.41, 5.74) is 3.21. The molecule has 4 aliphatic carbocycles. The average Bonchev–Trinajstić information content (AvgIpc) is 3.03. The molecule has 0 saturated heterocycles. The van der Waals surface area contributed by atoms with Gasteiger partial charge in [0.2, 0.25) is 5.91 Å². The van der Waals surface area contributed by atoms with E-state index in [2.05, 4.69) is 26.2 Å². The Morgan fingerprint density at radius 2 is 1.79 bits per heavy atom. The van der Waals surface area contributed by atoms with Crippen molar-refractivity contribution in [1.29, 1.82) is 0 Å². The molecular formula is C24H42N2O2. The Morgan fingerprint density at radius 3 is 2.54 bits per heavy atom. The summed E-state index contributed by atoms with van der Waals surface area (Å²) in [6.07, 6.45) is 13.0. The van der Waals surface area contributed by atoms with Gasteiger partial charge in [-0.2, -0.15) is 0 Å². The number of nitrogens with two attached hydrogens (primary N) is 1. The Hall–Kier alpha value is -0.610. The molecule has 9 atom stereocenters. The number of carbonyl (C=O) groups is 1. The van der Waals surface area contributed by atoms with Gasteiger partial charge >= 0.3 is 0 Å². The summed E-state index contributed by atoms with van der Waals surface area (Å²) >= 11 is 0. The van der Waals surface area contributed by atoms with Crippen molar-refractivity contribution in [3.63, 3.8) is 0 Å². The number of hydrazine groups is 1. The molecule has 0 aromatic rings. The van der Waals surface area contributed by atoms with E-state index in [1.54, 1.807) is 0 Å². The minimum absolute atomic E-state index is 0.0269. The van der Waals surface area contributed by atoms with Crippen LogP contribution >= 0.6 is 0 Å². The van der Waals surface area contributed by atoms with E-state index >= 15 is 0 Å². The van der Waals surface area contributed by atoms with Crippen LogP contribution in [0.25, 0.3) is 0 Å². The minimum atomic E-state index is -0.0501. The van der Waals surface area contributed by atoms with E-state index in [-0.39, 0.29) is 12.0 Å². The zero-order valence-electron chi connectivity index (χ0n) is 18.3. The monoisotopic (exact) mass is 390 g/mol. The molecule has 0 aliphatic heterocycles. The molecule has 0 aromatic carbocycles. The molecule has 28 heavy (non-hydrogen) atoms. The molecule has 0 radical (unpaired) electrons. The third kappa shape index (κ3) is 3.23. The third-order valence-corrected chi connectivity index (χ3v) is 10.4. The smallest absolute Gasteiger partial charge is 0.233 e. The van der Waals surface area contributed by atoms with E-state index in [1.165, 1.54) is 44.9 Å². The van der Waals surface area contributed by atoms with E-state index in [0.29, 0.717) is 23.2 Å². The average molecular weight is 391 g/mol. The highest BCUT2D eigenvalue weighted by molar-refractivity contribution is 5.75. The second-order valence-electron chi connectivity index (χ2n) is 11.4. The van der Waals surface area contributed by atoms with Gasteiger partial charge in [0.1, 0.15) is 0 Å². The van der Waals surface area contributed by atoms with E-state index in [0.717, 1.165) is 48.9 Å². The maximum atomic E-state index is 11.6. The highest BCUT2D eigenvalue weighted by atomic mass is 16.3. The van der Waals surface area contributed by atoms with Crippen LogP contribution in [0.15, 0.2) is 0 Å². The molecule has 4 aliphatic rings. The standard InChI is InChI=1S/C24H42N2O2/c1-15(4-9-22(28)26-25)19-7-8-20-18-6-5-16-14-17(27)10-12-23(16,2)21(18)11-13-24(19,20)3/h15-21,27H,4-14,25H2,1-3H3,(H,26,28)/t15-,16-,17-,18+,19+,20-,21+,23+,24-/m1/s1. The van der Waals surface area contributed by atoms with Crippen LogP contribution in [0.4, 0.5) is 0 Å². The number of fused-ring (bicyclic) bond motifs is 5. The lowest BCUT2D eigenvalue weighted by atomic mass is 9.44. The van der Waals surface area contributed by atoms with E-state index in [9.17, 15) is 9.90 Å². The fraction of sp³-hybridized carbons (Fsp3) is 0.958. The first kappa shape index (κ1) is 20.7. The quantitative estimate of drug-likeness (QED) is 0.378. The second kappa shape index (κ2) is 7.58. The van der Waals surface area contributed by atoms with Gasteiger partial charge in [-0.05, 0) is 111 Å². The number of hydrogen-bond acceptors (Lipinski definition) is 3. The Kier molecular flexibility index (Phi) is 5.59. The van der Waals surface area contributed by atoms with Crippen molar-refractivity contribution in [1.82, 2.24) is 5.43 Å². The molecule has 0 bridgehead atoms. The predicted molar refractivity (Wildman–Crippen MR) is 112 cm³/mol. The van der Waals surface area contributed by atoms with E-state index in [1.807, 2.05) is 0 Å². The first-order valence-electron chi connectivity index (χ1n) is 12.0. The zero-order chi connectivity index (χ0) is 20.1. The van der Waals surface area contributed by atoms with Crippen molar-refractivity contribution in [2.24, 2.45) is 52.2 Å². The van der Waals surface area contributed by atoms with Gasteiger partial charge in [0.05, 0.1) is 6.10 Å². The number of rotatable bonds is 4. The number of aliphatic hydroxyl groups excluding tert-OH is 1. The van der Waals surface area contributed by atoms with Crippen molar-refractivity contribution in [2.75, 3.05) is 0 Å². The first-order valence-corrected chi connectivity index (χ1v) is 12.0. The molecule has 1 amide bonds. The molecule has 4 fully saturated rings. The summed E-state index contributed by atoms with van der Waals surface area (Å²) in [5, 5.41) is 10.2. The molecule has 160 valence electrons. The molecule has 4 heteroatoms. The summed E-state index contributed by atoms with van der Waals surface area (Å²) in [6, 6.07) is 0. The molecule has 0 aromatic heterocycles. The highest BCUT2D eigenvalue weighted by Crippen LogP contribution is 2.68. The molecule has 0 unspecified atom stereocenters. The van der Waals surface area contributed by atoms with Crippen LogP contribution in [0, 0.1) is 46.3 Å². The normalized spacial score (nSPS) is 48.9. The Balaban J connectivity index is 1.48. The van der Waals surface area contributed by atoms with Gasteiger partial charge in [-0.3, -0.25) is 10.2 Å². The van der Waals surface area contributed by atoms with Crippen LogP contribution in [0.1, 0.15) is 91.4 Å². The van der Waals surface area contributed by atoms with E-state index in [4.69, 9.17) is 5.84 Å². The fourth-order valence-corrected chi connectivity index (χ4v) is 8.84. The Labute approximate surface area is 171 Å². The van der Waals surface area contributed by atoms with Gasteiger partial charge in [0.25, 0.3) is 0 Å². The highest BCUT2D eigenvalue weighted by Gasteiger charge is 2.60. The van der Waals surface area contributed by atoms with Crippen LogP contribution < -0.4 is 11.3 Å². The molecule has 0 spiro atoms. The number of hydrogen-bond donors (Lipinski definition) is 3. The lowest BCUT2D eigenvalue weighted by molar-refractivity contribution is -0.129. The maximum Gasteiger partial charge on any atom is 0.233 e. The molecule has 4 N–H and O–H groups in total. The first-order chi connectivity index (χ1) is 13.3. The largest absolute Gasteiger partial charge is 0.393 e. The number of amides is 1. The second-order valence-corrected chi connectivity index (χ2v) is 11.4. The number of nitrogens with one attached hydrogen (secondary N) is 1. The third-order valence-electron chi connectivity index (χ3n) is 10.4. The van der Waals surface area contributed by atoms with Crippen molar-refractivity contribution in [3.8, 4) is 0 Å². The van der Waals surface area contributed by atoms with E-state index < -0.39 is 0 Å². The topological polar surface area (TPSA) is 75.4 Å². The maximum absolute atomic E-state index is 11.6. The summed E-state index contributed by atoms with van der Waals surface area (Å²) in [5.74, 6) is 9.97. The number of aliphatic hydroxyl groups is 1. The molecule has 4 rings (SSSR count). The van der Waals surface area contributed by atoms with Crippen molar-refractivity contribution < 1.29 is 9.90 Å². The van der Waals surface area contributed by atoms with Crippen LogP contribution in [-0.2, 0) is 4.79 Å². The minimum Gasteiger partial charge on any atom is -0.393 e. The zero-order valence-corrected chi connectivity index (χ0v) is 18.3. The van der Waals surface area contributed by atoms with Crippen LogP contribution in [0.5, 0.6) is 0 Å². The van der Waals surface area contributed by atoms with Crippen molar-refractivity contribution in [2.45, 2.75) is 97.5 Å². The molecule has 4 saturated carbocycles. The predicted octanol–water partition coefficient (Wildman–Crippen LogP) is 4.41. The summed E-state index contributed by atoms with van der Waals surface area (Å²) in [6.45, 7) is 7.53. The SMILES string of the molecule is C[C@H](CCC(=O)NN)[C@@H]1CC[C@@H]2[C@@H]3CC[C@@H]4C[C@H](O)CC[C@]4(C)[C@H]3CC[C@@]21C. The van der Waals surface area contributed by atoms with Crippen molar-refractivity contribution >= 4 is 5.91 Å². The summed E-state index contributed by atoms with van der Waals surface area (Å²) in [7, 11) is 0. The lowest BCUT2D eigenvalue weighted by Gasteiger charge is -2.61. The Bertz CT molecular complexity index is 595. The molecule has 4 nitrogen and oxygen atoms in total. The molecule has 0 heterocycles. The van der Waals surface area contributed by atoms with Crippen LogP contribution in [0.2, 0.25) is 0 Å². The number of carbonyl (C=O) groups excluding carboxylic acids is 1. The van der Waals surface area contributed by atoms with Gasteiger partial charge < -0.3 is 5.11 Å². The van der Waals surface area contributed by atoms with Gasteiger partial charge in [-0.25, -0.2) is 5.84 Å². The summed E-state index contributed by atoms with van der Waals surface area (Å²) < 4.78 is 0. The molecular weight excluding hydrogens is 348 g/mol. The van der Waals surface area contributed by atoms with Crippen LogP contribution in [-0.4, -0.2) is 17.1 Å². The van der Waals surface area contributed by atoms with Gasteiger partial charge in [0, 0.05) is 6.42 Å². The van der Waals surface area contributed by atoms with Crippen LogP contribution in [0.3, 0.4) is 0 Å². The Morgan fingerprint density at radius 1 is 1.07 bits per heavy atom. The lowest BCUT2D eigenvalue weighted by Crippen LogP contribution is -2.54. The van der Waals surface area contributed by atoms with Gasteiger partial charge in [-0.1, -0.05) is 20.8 Å².